The second-order valence-electron chi connectivity index (χ2n) is 13.2. The number of benzene rings is 4. The second kappa shape index (κ2) is 20.3. The highest BCUT2D eigenvalue weighted by atomic mass is 16.6. The monoisotopic (exact) mass is 694 g/mol. The zero-order valence-electron chi connectivity index (χ0n) is 30.4. The fraction of sp³-hybridized carbons (Fsp3) is 0.432. The molecular weight excluding hydrogens is 640 g/mol. The first-order valence-corrected chi connectivity index (χ1v) is 18.5. The van der Waals surface area contributed by atoms with Gasteiger partial charge in [-0.25, -0.2) is 0 Å². The topological polar surface area (TPSA) is 72.5 Å². The van der Waals surface area contributed by atoms with Crippen molar-refractivity contribution < 1.29 is 33.2 Å². The van der Waals surface area contributed by atoms with Crippen LogP contribution < -0.4 is 0 Å². The smallest absolute Gasteiger partial charge is 0.306 e. The zero-order chi connectivity index (χ0) is 35.7. The van der Waals surface area contributed by atoms with Crippen LogP contribution in [0.25, 0.3) is 0 Å². The predicted molar refractivity (Wildman–Crippen MR) is 199 cm³/mol. The van der Waals surface area contributed by atoms with E-state index < -0.39 is 36.1 Å². The van der Waals surface area contributed by atoms with Crippen LogP contribution in [0, 0.1) is 0 Å². The molecule has 0 amide bonds. The summed E-state index contributed by atoms with van der Waals surface area (Å²) in [6.45, 7) is 7.82. The number of hydrogen-bond donors (Lipinski definition) is 0. The van der Waals surface area contributed by atoms with Crippen molar-refractivity contribution in [1.82, 2.24) is 0 Å². The number of carbonyl (C=O) groups is 1. The Morgan fingerprint density at radius 3 is 1.27 bits per heavy atom. The van der Waals surface area contributed by atoms with E-state index in [0.717, 1.165) is 28.7 Å². The molecule has 0 bridgehead atoms. The Bertz CT molecular complexity index is 1540. The van der Waals surface area contributed by atoms with Crippen molar-refractivity contribution in [2.75, 3.05) is 6.61 Å². The fourth-order valence-corrected chi connectivity index (χ4v) is 6.89. The van der Waals surface area contributed by atoms with E-state index >= 15 is 0 Å². The molecule has 6 unspecified atom stereocenters. The summed E-state index contributed by atoms with van der Waals surface area (Å²) in [5, 5.41) is 0. The molecule has 0 aliphatic heterocycles. The van der Waals surface area contributed by atoms with Crippen LogP contribution >= 0.6 is 0 Å². The van der Waals surface area contributed by atoms with E-state index in [1.54, 1.807) is 0 Å². The summed E-state index contributed by atoms with van der Waals surface area (Å²) in [7, 11) is 0. The second-order valence-corrected chi connectivity index (χ2v) is 13.2. The van der Waals surface area contributed by atoms with Crippen LogP contribution in [0.4, 0.5) is 0 Å². The largest absolute Gasteiger partial charge is 0.453 e. The number of rotatable bonds is 20. The normalized spacial score (nSPS) is 23.2. The third-order valence-corrected chi connectivity index (χ3v) is 9.24. The van der Waals surface area contributed by atoms with E-state index in [9.17, 15) is 4.79 Å². The summed E-state index contributed by atoms with van der Waals surface area (Å²) in [4.78, 5) is 13.7. The standard InChI is InChI=1S/C44H54O7/c1-4-19-38(45)51-44(28-5-2)42(46-29-6-3)40(48-31-35-22-13-8-14-23-35)39(47-30-34-20-11-7-12-21-34)41(49-32-36-24-15-9-16-25-36)43(44)50-33-37-26-17-10-18-27-37/h7-18,20-27,39-43H,4-6,19,28-33H2,1-3H3. The molecule has 0 aromatic heterocycles. The van der Waals surface area contributed by atoms with Crippen molar-refractivity contribution >= 4 is 5.97 Å². The van der Waals surface area contributed by atoms with Gasteiger partial charge < -0.3 is 28.4 Å². The first-order valence-electron chi connectivity index (χ1n) is 18.5. The molecule has 0 spiro atoms. The average Bonchev–Trinajstić information content (AvgIpc) is 3.16. The van der Waals surface area contributed by atoms with Gasteiger partial charge >= 0.3 is 5.97 Å². The van der Waals surface area contributed by atoms with Crippen LogP contribution in [0.5, 0.6) is 0 Å². The van der Waals surface area contributed by atoms with E-state index in [1.807, 2.05) is 128 Å². The molecule has 4 aromatic rings. The van der Waals surface area contributed by atoms with Crippen molar-refractivity contribution in [3.05, 3.63) is 144 Å². The van der Waals surface area contributed by atoms with Crippen LogP contribution in [-0.2, 0) is 59.6 Å². The Morgan fingerprint density at radius 2 is 0.882 bits per heavy atom. The van der Waals surface area contributed by atoms with Gasteiger partial charge in [-0.2, -0.15) is 0 Å². The van der Waals surface area contributed by atoms with Crippen molar-refractivity contribution in [3.63, 3.8) is 0 Å². The average molecular weight is 695 g/mol. The third-order valence-electron chi connectivity index (χ3n) is 9.24. The van der Waals surface area contributed by atoms with Crippen LogP contribution in [-0.4, -0.2) is 48.7 Å². The highest BCUT2D eigenvalue weighted by Gasteiger charge is 2.64. The van der Waals surface area contributed by atoms with E-state index in [-0.39, 0.29) is 19.0 Å². The molecule has 0 radical (unpaired) electrons. The van der Waals surface area contributed by atoms with Crippen LogP contribution in [0.2, 0.25) is 0 Å². The molecule has 6 atom stereocenters. The quantitative estimate of drug-likeness (QED) is 0.0856. The lowest BCUT2D eigenvalue weighted by molar-refractivity contribution is -0.319. The molecule has 1 aliphatic rings. The molecule has 0 N–H and O–H groups in total. The maximum absolute atomic E-state index is 13.7. The van der Waals surface area contributed by atoms with Gasteiger partial charge in [-0.05, 0) is 41.5 Å². The minimum atomic E-state index is -1.24. The number of esters is 1. The van der Waals surface area contributed by atoms with Gasteiger partial charge in [0.1, 0.15) is 30.5 Å². The van der Waals surface area contributed by atoms with Crippen molar-refractivity contribution in [3.8, 4) is 0 Å². The van der Waals surface area contributed by atoms with Crippen molar-refractivity contribution in [2.45, 2.75) is 115 Å². The van der Waals surface area contributed by atoms with Gasteiger partial charge in [-0.3, -0.25) is 4.79 Å². The first-order chi connectivity index (χ1) is 25.1. The van der Waals surface area contributed by atoms with Crippen molar-refractivity contribution in [2.24, 2.45) is 0 Å². The highest BCUT2D eigenvalue weighted by molar-refractivity contribution is 5.70. The maximum Gasteiger partial charge on any atom is 0.306 e. The zero-order valence-corrected chi connectivity index (χ0v) is 30.4. The molecule has 51 heavy (non-hydrogen) atoms. The molecule has 5 rings (SSSR count). The van der Waals surface area contributed by atoms with E-state index in [1.165, 1.54) is 0 Å². The Balaban J connectivity index is 1.65. The summed E-state index contributed by atoms with van der Waals surface area (Å²) >= 11 is 0. The molecule has 1 fully saturated rings. The summed E-state index contributed by atoms with van der Waals surface area (Å²) in [5.74, 6) is -0.295. The van der Waals surface area contributed by atoms with Gasteiger partial charge in [0.05, 0.1) is 26.4 Å². The third kappa shape index (κ3) is 10.6. The lowest BCUT2D eigenvalue weighted by atomic mass is 9.71. The van der Waals surface area contributed by atoms with Gasteiger partial charge in [-0.15, -0.1) is 0 Å². The summed E-state index contributed by atoms with van der Waals surface area (Å²) in [6, 6.07) is 40.3. The van der Waals surface area contributed by atoms with E-state index in [0.29, 0.717) is 45.7 Å². The van der Waals surface area contributed by atoms with Gasteiger partial charge in [-0.1, -0.05) is 149 Å². The van der Waals surface area contributed by atoms with Crippen LogP contribution in [0.1, 0.15) is 75.1 Å². The minimum Gasteiger partial charge on any atom is -0.453 e. The Kier molecular flexibility index (Phi) is 15.2. The lowest BCUT2D eigenvalue weighted by Gasteiger charge is -2.56. The van der Waals surface area contributed by atoms with Crippen LogP contribution in [0.15, 0.2) is 121 Å². The summed E-state index contributed by atoms with van der Waals surface area (Å²) in [6.07, 6.45) is -0.568. The number of hydrogen-bond acceptors (Lipinski definition) is 7. The number of carbonyl (C=O) groups excluding carboxylic acids is 1. The Hall–Kier alpha value is -3.85. The molecule has 7 nitrogen and oxygen atoms in total. The molecular formula is C44H54O7. The van der Waals surface area contributed by atoms with Gasteiger partial charge in [0.25, 0.3) is 0 Å². The molecule has 1 saturated carbocycles. The molecule has 0 heterocycles. The highest BCUT2D eigenvalue weighted by Crippen LogP contribution is 2.45. The molecule has 272 valence electrons. The number of ether oxygens (including phenoxy) is 6. The van der Waals surface area contributed by atoms with Crippen LogP contribution in [0.3, 0.4) is 0 Å². The predicted octanol–water partition coefficient (Wildman–Crippen LogP) is 9.02. The fourth-order valence-electron chi connectivity index (χ4n) is 6.89. The molecule has 0 saturated heterocycles. The van der Waals surface area contributed by atoms with Gasteiger partial charge in [0.2, 0.25) is 0 Å². The maximum atomic E-state index is 13.7. The lowest BCUT2D eigenvalue weighted by Crippen LogP contribution is -2.74. The molecule has 4 aromatic carbocycles. The van der Waals surface area contributed by atoms with Gasteiger partial charge in [0, 0.05) is 13.0 Å². The Labute approximate surface area is 304 Å². The SMILES string of the molecule is CCCOC1C(OCc2ccccc2)C(OCc2ccccc2)C(OCc2ccccc2)C(OCc2ccccc2)C1(CCC)OC(=O)CCC. The first kappa shape index (κ1) is 38.4. The van der Waals surface area contributed by atoms with Gasteiger partial charge in [0.15, 0.2) is 5.60 Å². The summed E-state index contributed by atoms with van der Waals surface area (Å²) < 4.78 is 41.4. The molecule has 1 aliphatic carbocycles. The summed E-state index contributed by atoms with van der Waals surface area (Å²) in [5.41, 5.74) is 2.81. The van der Waals surface area contributed by atoms with Crippen molar-refractivity contribution in [1.29, 1.82) is 0 Å². The van der Waals surface area contributed by atoms with E-state index in [4.69, 9.17) is 28.4 Å². The Morgan fingerprint density at radius 1 is 0.490 bits per heavy atom. The van der Waals surface area contributed by atoms with E-state index in [2.05, 4.69) is 13.8 Å². The molecule has 7 heteroatoms. The minimum absolute atomic E-state index is 0.274.